The maximum absolute atomic E-state index is 15.2. The standard InChI is InChI=1S/C25H20F2N6O3/c1-11-7-12(26)8-15-20(11)30-23-21(29-19-6-5-16(27)22(15)33(19)23)13-9-17(34-3)18(35-4)10-14(13)24-31-32-25(28-2)36-24/h5-10,30H,1-4H3,(H,28,32). The molecule has 2 aromatic carbocycles. The molecule has 0 saturated carbocycles. The van der Waals surface area contributed by atoms with Crippen molar-refractivity contribution in [2.75, 3.05) is 31.9 Å². The van der Waals surface area contributed by atoms with E-state index in [2.05, 4.69) is 20.8 Å². The van der Waals surface area contributed by atoms with E-state index in [1.54, 1.807) is 36.6 Å². The second-order valence-corrected chi connectivity index (χ2v) is 8.22. The molecule has 9 nitrogen and oxygen atoms in total. The highest BCUT2D eigenvalue weighted by Gasteiger charge is 2.30. The molecule has 182 valence electrons. The molecule has 0 unspecified atom stereocenters. The van der Waals surface area contributed by atoms with Crippen LogP contribution in [0.4, 0.5) is 26.3 Å². The molecule has 0 bridgehead atoms. The first-order chi connectivity index (χ1) is 17.4. The lowest BCUT2D eigenvalue weighted by molar-refractivity contribution is 0.355. The van der Waals surface area contributed by atoms with Crippen molar-refractivity contribution in [2.45, 2.75) is 6.92 Å². The lowest BCUT2D eigenvalue weighted by atomic mass is 10.00. The maximum atomic E-state index is 15.2. The Labute approximate surface area is 203 Å². The van der Waals surface area contributed by atoms with Gasteiger partial charge in [-0.05, 0) is 48.9 Å². The van der Waals surface area contributed by atoms with Gasteiger partial charge in [-0.2, -0.15) is 0 Å². The highest BCUT2D eigenvalue weighted by molar-refractivity contribution is 5.95. The number of anilines is 3. The molecule has 0 atom stereocenters. The summed E-state index contributed by atoms with van der Waals surface area (Å²) >= 11 is 0. The van der Waals surface area contributed by atoms with Crippen molar-refractivity contribution in [3.63, 3.8) is 0 Å². The molecule has 2 N–H and O–H groups in total. The topological polar surface area (TPSA) is 98.7 Å². The third-order valence-corrected chi connectivity index (χ3v) is 6.18. The molecule has 0 aliphatic carbocycles. The molecule has 3 aromatic heterocycles. The van der Waals surface area contributed by atoms with Crippen LogP contribution in [0.25, 0.3) is 39.6 Å². The van der Waals surface area contributed by atoms with Crippen LogP contribution in [0.5, 0.6) is 11.5 Å². The van der Waals surface area contributed by atoms with E-state index < -0.39 is 11.6 Å². The van der Waals surface area contributed by atoms with Crippen LogP contribution in [0, 0.1) is 18.6 Å². The molecule has 11 heteroatoms. The molecule has 0 saturated heterocycles. The number of benzene rings is 2. The number of nitrogens with zero attached hydrogens (tertiary/aromatic N) is 4. The predicted molar refractivity (Wildman–Crippen MR) is 130 cm³/mol. The zero-order chi connectivity index (χ0) is 25.1. The van der Waals surface area contributed by atoms with Crippen molar-refractivity contribution >= 4 is 23.2 Å². The second kappa shape index (κ2) is 7.94. The van der Waals surface area contributed by atoms with Crippen molar-refractivity contribution in [1.29, 1.82) is 0 Å². The van der Waals surface area contributed by atoms with Gasteiger partial charge < -0.3 is 24.5 Å². The Morgan fingerprint density at radius 3 is 2.42 bits per heavy atom. The second-order valence-electron chi connectivity index (χ2n) is 8.22. The fourth-order valence-electron chi connectivity index (χ4n) is 4.56. The average molecular weight is 490 g/mol. The van der Waals surface area contributed by atoms with Gasteiger partial charge in [-0.15, -0.1) is 5.10 Å². The van der Waals surface area contributed by atoms with Gasteiger partial charge in [0, 0.05) is 18.2 Å². The van der Waals surface area contributed by atoms with Gasteiger partial charge >= 0.3 is 6.01 Å². The maximum Gasteiger partial charge on any atom is 0.315 e. The minimum atomic E-state index is -0.497. The molecular weight excluding hydrogens is 470 g/mol. The summed E-state index contributed by atoms with van der Waals surface area (Å²) in [6.45, 7) is 1.76. The Hall–Kier alpha value is -4.67. The number of rotatable bonds is 5. The van der Waals surface area contributed by atoms with Crippen LogP contribution in [-0.4, -0.2) is 40.8 Å². The number of ether oxygens (including phenoxy) is 2. The molecule has 0 radical (unpaired) electrons. The Bertz CT molecular complexity index is 1680. The van der Waals surface area contributed by atoms with E-state index >= 15 is 4.39 Å². The van der Waals surface area contributed by atoms with E-state index in [9.17, 15) is 4.39 Å². The summed E-state index contributed by atoms with van der Waals surface area (Å²) in [6, 6.07) is 9.31. The lowest BCUT2D eigenvalue weighted by Gasteiger charge is -2.23. The molecule has 1 aliphatic rings. The largest absolute Gasteiger partial charge is 0.493 e. The third kappa shape index (κ3) is 3.09. The van der Waals surface area contributed by atoms with E-state index in [-0.39, 0.29) is 17.6 Å². The summed E-state index contributed by atoms with van der Waals surface area (Å²) in [4.78, 5) is 4.81. The first kappa shape index (κ1) is 21.8. The highest BCUT2D eigenvalue weighted by Crippen LogP contribution is 2.48. The predicted octanol–water partition coefficient (Wildman–Crippen LogP) is 5.42. The Morgan fingerprint density at radius 2 is 1.72 bits per heavy atom. The van der Waals surface area contributed by atoms with Crippen molar-refractivity contribution in [1.82, 2.24) is 19.6 Å². The molecule has 1 aliphatic heterocycles. The fraction of sp³-hybridized carbons (Fsp3) is 0.160. The molecule has 0 fully saturated rings. The minimum Gasteiger partial charge on any atom is -0.493 e. The summed E-state index contributed by atoms with van der Waals surface area (Å²) in [5.41, 5.74) is 3.92. The number of methoxy groups -OCH3 is 2. The zero-order valence-electron chi connectivity index (χ0n) is 19.7. The smallest absolute Gasteiger partial charge is 0.315 e. The monoisotopic (exact) mass is 490 g/mol. The van der Waals surface area contributed by atoms with Gasteiger partial charge in [0.25, 0.3) is 5.89 Å². The number of nitrogens with one attached hydrogen (secondary N) is 2. The van der Waals surface area contributed by atoms with E-state index in [4.69, 9.17) is 18.9 Å². The van der Waals surface area contributed by atoms with Crippen molar-refractivity contribution in [3.05, 3.63) is 53.6 Å². The first-order valence-corrected chi connectivity index (χ1v) is 11.0. The van der Waals surface area contributed by atoms with Gasteiger partial charge in [0.05, 0.1) is 31.2 Å². The molecule has 5 aromatic rings. The van der Waals surface area contributed by atoms with Crippen LogP contribution < -0.4 is 20.1 Å². The normalized spacial score (nSPS) is 11.8. The highest BCUT2D eigenvalue weighted by atomic mass is 19.1. The number of hydrogen-bond acceptors (Lipinski definition) is 8. The van der Waals surface area contributed by atoms with Crippen molar-refractivity contribution < 1.29 is 22.7 Å². The van der Waals surface area contributed by atoms with Gasteiger partial charge in [0.2, 0.25) is 0 Å². The zero-order valence-corrected chi connectivity index (χ0v) is 19.7. The van der Waals surface area contributed by atoms with Gasteiger partial charge in [-0.3, -0.25) is 4.40 Å². The summed E-state index contributed by atoms with van der Waals surface area (Å²) in [6.07, 6.45) is 0. The Balaban J connectivity index is 1.69. The Kier molecular flexibility index (Phi) is 4.82. The van der Waals surface area contributed by atoms with Crippen LogP contribution in [-0.2, 0) is 0 Å². The molecular formula is C25H20F2N6O3. The van der Waals surface area contributed by atoms with Crippen LogP contribution in [0.1, 0.15) is 5.56 Å². The average Bonchev–Trinajstić information content (AvgIpc) is 3.50. The summed E-state index contributed by atoms with van der Waals surface area (Å²) in [5, 5.41) is 14.3. The van der Waals surface area contributed by atoms with E-state index in [0.717, 1.165) is 0 Å². The van der Waals surface area contributed by atoms with Crippen LogP contribution in [0.15, 0.2) is 40.8 Å². The Morgan fingerprint density at radius 1 is 0.972 bits per heavy atom. The quantitative estimate of drug-likeness (QED) is 0.331. The van der Waals surface area contributed by atoms with E-state index in [1.807, 2.05) is 0 Å². The number of halogens is 2. The molecule has 4 heterocycles. The molecule has 6 rings (SSSR count). The minimum absolute atomic E-state index is 0.217. The fourth-order valence-corrected chi connectivity index (χ4v) is 4.56. The van der Waals surface area contributed by atoms with Gasteiger partial charge in [-0.25, -0.2) is 13.8 Å². The van der Waals surface area contributed by atoms with Crippen molar-refractivity contribution in [2.24, 2.45) is 0 Å². The van der Waals surface area contributed by atoms with Crippen LogP contribution in [0.3, 0.4) is 0 Å². The molecule has 0 amide bonds. The SMILES string of the molecule is CNc1nnc(-c2cc(OC)c(OC)cc2-c2nc3ccc(F)c4n3c2Nc2c(C)cc(F)cc2-4)o1. The number of imidazole rings is 1. The molecule has 0 spiro atoms. The lowest BCUT2D eigenvalue weighted by Crippen LogP contribution is -2.10. The number of fused-ring (bicyclic) bond motifs is 2. The number of hydrogen-bond donors (Lipinski definition) is 2. The number of aryl methyl sites for hydroxylation is 1. The van der Waals surface area contributed by atoms with Crippen molar-refractivity contribution in [3.8, 4) is 45.5 Å². The summed E-state index contributed by atoms with van der Waals surface area (Å²) in [7, 11) is 4.72. The molecule has 36 heavy (non-hydrogen) atoms. The third-order valence-electron chi connectivity index (χ3n) is 6.18. The van der Waals surface area contributed by atoms with E-state index in [1.165, 1.54) is 32.4 Å². The van der Waals surface area contributed by atoms with Gasteiger partial charge in [0.1, 0.15) is 28.8 Å². The van der Waals surface area contributed by atoms with Gasteiger partial charge in [0.15, 0.2) is 11.5 Å². The summed E-state index contributed by atoms with van der Waals surface area (Å²) < 4.78 is 48.0. The summed E-state index contributed by atoms with van der Waals surface area (Å²) in [5.74, 6) is 0.684. The number of pyridine rings is 1. The van der Waals surface area contributed by atoms with E-state index in [0.29, 0.717) is 56.6 Å². The van der Waals surface area contributed by atoms with Gasteiger partial charge in [-0.1, -0.05) is 5.10 Å². The first-order valence-electron chi connectivity index (χ1n) is 11.0. The van der Waals surface area contributed by atoms with Crippen LogP contribution >= 0.6 is 0 Å². The number of aromatic nitrogens is 4. The van der Waals surface area contributed by atoms with Crippen LogP contribution in [0.2, 0.25) is 0 Å².